The van der Waals surface area contributed by atoms with Crippen molar-refractivity contribution >= 4 is 11.0 Å². The van der Waals surface area contributed by atoms with E-state index >= 15 is 0 Å². The van der Waals surface area contributed by atoms with Crippen LogP contribution >= 0.6 is 0 Å². The van der Waals surface area contributed by atoms with Gasteiger partial charge in [0, 0.05) is 6.61 Å². The first kappa shape index (κ1) is 15.3. The number of aromatic nitrogens is 2. The second kappa shape index (κ2) is 7.07. The molecule has 1 aliphatic carbocycles. The highest BCUT2D eigenvalue weighted by Crippen LogP contribution is 2.18. The number of para-hydroxylation sites is 2. The molecule has 2 atom stereocenters. The smallest absolute Gasteiger partial charge is 0.244 e. The Labute approximate surface area is 131 Å². The average Bonchev–Trinajstić information content (AvgIpc) is 2.85. The Balaban J connectivity index is 1.52. The number of fused-ring (bicyclic) bond motifs is 1. The van der Waals surface area contributed by atoms with E-state index in [1.165, 1.54) is 11.9 Å². The summed E-state index contributed by atoms with van der Waals surface area (Å²) >= 11 is 0. The molecular weight excluding hydrogens is 276 g/mol. The monoisotopic (exact) mass is 301 g/mol. The van der Waals surface area contributed by atoms with Gasteiger partial charge < -0.3 is 9.84 Å². The quantitative estimate of drug-likeness (QED) is 0.656. The van der Waals surface area contributed by atoms with E-state index < -0.39 is 6.10 Å². The molecule has 1 N–H and O–H groups in total. The van der Waals surface area contributed by atoms with Crippen LogP contribution in [-0.4, -0.2) is 29.0 Å². The topological polar surface area (TPSA) is 38.3 Å². The highest BCUT2D eigenvalue weighted by Gasteiger charge is 2.17. The molecule has 0 aliphatic heterocycles. The largest absolute Gasteiger partial charge is 0.387 e. The first-order valence-corrected chi connectivity index (χ1v) is 8.08. The molecule has 0 spiro atoms. The molecule has 1 heterocycles. The summed E-state index contributed by atoms with van der Waals surface area (Å²) in [5, 5.41) is 10.2. The third kappa shape index (κ3) is 3.57. The third-order valence-corrected chi connectivity index (χ3v) is 4.33. The predicted molar refractivity (Wildman–Crippen MR) is 86.4 cm³/mol. The Morgan fingerprint density at radius 3 is 3.05 bits per heavy atom. The zero-order valence-corrected chi connectivity index (χ0v) is 13.2. The zero-order valence-electron chi connectivity index (χ0n) is 13.2. The maximum absolute atomic E-state index is 10.2. The van der Waals surface area contributed by atoms with Gasteiger partial charge in [-0.3, -0.25) is 0 Å². The standard InChI is InChI=1S/C18H25N2O2/c1-19-14-20(18-10-6-5-9-17(18)19)11-16(21)13-22-12-15-7-3-2-4-8-15/h2-3,5-6,9-10,14-16,21H,4,7-8,11-13H2,1H3/q+1/t15-,16-/m0/s1. The van der Waals surface area contributed by atoms with Crippen LogP contribution in [0.4, 0.5) is 0 Å². The van der Waals surface area contributed by atoms with Crippen LogP contribution in [0, 0.1) is 5.92 Å². The number of rotatable bonds is 6. The van der Waals surface area contributed by atoms with E-state index in [2.05, 4.69) is 33.4 Å². The molecule has 22 heavy (non-hydrogen) atoms. The van der Waals surface area contributed by atoms with Crippen molar-refractivity contribution in [2.75, 3.05) is 13.2 Å². The van der Waals surface area contributed by atoms with E-state index in [1.807, 2.05) is 25.5 Å². The van der Waals surface area contributed by atoms with Gasteiger partial charge in [0.15, 0.2) is 11.0 Å². The number of hydrogen-bond donors (Lipinski definition) is 1. The number of aliphatic hydroxyl groups excluding tert-OH is 1. The lowest BCUT2D eigenvalue weighted by atomic mass is 9.95. The van der Waals surface area contributed by atoms with Crippen LogP contribution in [0.1, 0.15) is 19.3 Å². The normalized spacial score (nSPS) is 19.6. The Kier molecular flexibility index (Phi) is 4.90. The summed E-state index contributed by atoms with van der Waals surface area (Å²) < 4.78 is 9.89. The van der Waals surface area contributed by atoms with Gasteiger partial charge in [0.2, 0.25) is 6.33 Å². The van der Waals surface area contributed by atoms with Gasteiger partial charge in [-0.05, 0) is 37.3 Å². The van der Waals surface area contributed by atoms with Crippen molar-refractivity contribution in [2.45, 2.75) is 31.9 Å². The maximum Gasteiger partial charge on any atom is 0.244 e. The Bertz CT molecular complexity index is 648. The summed E-state index contributed by atoms with van der Waals surface area (Å²) in [4.78, 5) is 0. The first-order valence-electron chi connectivity index (χ1n) is 8.08. The van der Waals surface area contributed by atoms with E-state index in [9.17, 15) is 5.11 Å². The van der Waals surface area contributed by atoms with Gasteiger partial charge in [-0.2, -0.15) is 0 Å². The lowest BCUT2D eigenvalue weighted by molar-refractivity contribution is -0.645. The third-order valence-electron chi connectivity index (χ3n) is 4.33. The van der Waals surface area contributed by atoms with Gasteiger partial charge in [-0.1, -0.05) is 24.3 Å². The van der Waals surface area contributed by atoms with Crippen LogP contribution in [0.2, 0.25) is 0 Å². The number of ether oxygens (including phenoxy) is 1. The summed E-state index contributed by atoms with van der Waals surface area (Å²) in [7, 11) is 2.03. The van der Waals surface area contributed by atoms with E-state index in [1.54, 1.807) is 0 Å². The Morgan fingerprint density at radius 1 is 1.36 bits per heavy atom. The van der Waals surface area contributed by atoms with Gasteiger partial charge in [0.05, 0.1) is 13.7 Å². The molecule has 3 rings (SSSR count). The van der Waals surface area contributed by atoms with Gasteiger partial charge >= 0.3 is 0 Å². The average molecular weight is 301 g/mol. The molecule has 2 aromatic rings. The van der Waals surface area contributed by atoms with Crippen molar-refractivity contribution in [2.24, 2.45) is 13.0 Å². The van der Waals surface area contributed by atoms with E-state index in [4.69, 9.17) is 4.74 Å². The molecule has 0 fully saturated rings. The van der Waals surface area contributed by atoms with Gasteiger partial charge in [-0.15, -0.1) is 0 Å². The Hall–Kier alpha value is -1.65. The van der Waals surface area contributed by atoms with Crippen molar-refractivity contribution in [3.8, 4) is 0 Å². The number of benzene rings is 1. The summed E-state index contributed by atoms with van der Waals surface area (Å²) in [6.07, 6.45) is 9.48. The number of hydrogen-bond acceptors (Lipinski definition) is 2. The van der Waals surface area contributed by atoms with Gasteiger partial charge in [0.1, 0.15) is 12.6 Å². The lowest BCUT2D eigenvalue weighted by Gasteiger charge is -2.18. The fourth-order valence-electron chi connectivity index (χ4n) is 3.14. The molecule has 0 unspecified atom stereocenters. The second-order valence-corrected chi connectivity index (χ2v) is 6.21. The van der Waals surface area contributed by atoms with Crippen molar-refractivity contribution in [3.05, 3.63) is 42.7 Å². The van der Waals surface area contributed by atoms with E-state index in [0.29, 0.717) is 19.1 Å². The van der Waals surface area contributed by atoms with Crippen LogP contribution in [0.15, 0.2) is 42.7 Å². The predicted octanol–water partition coefficient (Wildman–Crippen LogP) is 2.20. The zero-order chi connectivity index (χ0) is 15.4. The maximum atomic E-state index is 10.2. The molecule has 0 amide bonds. The van der Waals surface area contributed by atoms with Crippen molar-refractivity contribution < 1.29 is 14.4 Å². The highest BCUT2D eigenvalue weighted by atomic mass is 16.5. The number of nitrogens with zero attached hydrogens (tertiary/aromatic N) is 2. The van der Waals surface area contributed by atoms with Gasteiger partial charge in [0.25, 0.3) is 0 Å². The summed E-state index contributed by atoms with van der Waals surface area (Å²) in [5.74, 6) is 0.613. The van der Waals surface area contributed by atoms with Gasteiger partial charge in [-0.25, -0.2) is 9.13 Å². The van der Waals surface area contributed by atoms with Crippen LogP contribution in [0.5, 0.6) is 0 Å². The minimum atomic E-state index is -0.477. The number of allylic oxidation sites excluding steroid dienone is 2. The van der Waals surface area contributed by atoms with Crippen LogP contribution < -0.4 is 4.57 Å². The molecule has 4 heteroatoms. The van der Waals surface area contributed by atoms with Crippen LogP contribution in [0.3, 0.4) is 0 Å². The molecule has 1 aliphatic rings. The fourth-order valence-corrected chi connectivity index (χ4v) is 3.14. The lowest BCUT2D eigenvalue weighted by Crippen LogP contribution is -2.27. The first-order chi connectivity index (χ1) is 10.7. The van der Waals surface area contributed by atoms with Crippen LogP contribution in [0.25, 0.3) is 11.0 Å². The minimum Gasteiger partial charge on any atom is -0.387 e. The van der Waals surface area contributed by atoms with Crippen molar-refractivity contribution in [3.63, 3.8) is 0 Å². The number of aryl methyl sites for hydroxylation is 1. The minimum absolute atomic E-state index is 0.399. The van der Waals surface area contributed by atoms with E-state index in [0.717, 1.165) is 25.0 Å². The molecular formula is C18H25N2O2+. The number of aliphatic hydroxyl groups is 1. The molecule has 1 aromatic heterocycles. The summed E-state index contributed by atoms with van der Waals surface area (Å²) in [5.41, 5.74) is 2.31. The number of imidazole rings is 1. The summed E-state index contributed by atoms with van der Waals surface area (Å²) in [6, 6.07) is 8.23. The fraction of sp³-hybridized carbons (Fsp3) is 0.500. The van der Waals surface area contributed by atoms with Crippen molar-refractivity contribution in [1.82, 2.24) is 4.57 Å². The Morgan fingerprint density at radius 2 is 2.23 bits per heavy atom. The molecule has 0 bridgehead atoms. The molecule has 0 radical (unpaired) electrons. The molecule has 0 saturated carbocycles. The molecule has 0 saturated heterocycles. The SMILES string of the molecule is C[n+]1cn(C[C@H](O)COC[C@H]2CC=CCC2)c2ccccc21. The second-order valence-electron chi connectivity index (χ2n) is 6.21. The summed E-state index contributed by atoms with van der Waals surface area (Å²) in [6.45, 7) is 1.71. The van der Waals surface area contributed by atoms with Crippen molar-refractivity contribution in [1.29, 1.82) is 0 Å². The van der Waals surface area contributed by atoms with E-state index in [-0.39, 0.29) is 0 Å². The highest BCUT2D eigenvalue weighted by molar-refractivity contribution is 5.71. The molecule has 4 nitrogen and oxygen atoms in total. The van der Waals surface area contributed by atoms with Crippen LogP contribution in [-0.2, 0) is 18.3 Å². The molecule has 118 valence electrons. The molecule has 1 aromatic carbocycles.